The first-order valence-electron chi connectivity index (χ1n) is 8.31. The van der Waals surface area contributed by atoms with Crippen molar-refractivity contribution >= 4 is 5.78 Å². The molecule has 1 aliphatic rings. The number of Topliss-reactive ketones (excluding diaryl/α,β-unsaturated/α-hetero) is 1. The van der Waals surface area contributed by atoms with E-state index in [9.17, 15) is 4.79 Å². The Kier molecular flexibility index (Phi) is 14.0. The molecule has 1 aliphatic heterocycles. The van der Waals surface area contributed by atoms with E-state index in [0.717, 1.165) is 0 Å². The molecule has 0 spiro atoms. The van der Waals surface area contributed by atoms with Crippen LogP contribution in [0.1, 0.15) is 26.7 Å². The molecule has 0 amide bonds. The highest BCUT2D eigenvalue weighted by molar-refractivity contribution is 5.80. The smallest absolute Gasteiger partial charge is 0.138 e. The number of carbonyl (C=O) groups is 1. The lowest BCUT2D eigenvalue weighted by atomic mass is 9.94. The average Bonchev–Trinajstić information content (AvgIpc) is 2.52. The number of rotatable bonds is 11. The molecule has 1 atom stereocenters. The van der Waals surface area contributed by atoms with Gasteiger partial charge in [-0.1, -0.05) is 6.08 Å². The molecular weight excluding hydrogens is 314 g/mol. The van der Waals surface area contributed by atoms with Crippen molar-refractivity contribution in [3.8, 4) is 0 Å². The third-order valence-corrected chi connectivity index (χ3v) is 3.03. The van der Waals surface area contributed by atoms with E-state index in [1.807, 2.05) is 13.8 Å². The van der Waals surface area contributed by atoms with Gasteiger partial charge in [-0.25, -0.2) is 0 Å². The van der Waals surface area contributed by atoms with Gasteiger partial charge in [0.25, 0.3) is 0 Å². The molecule has 0 radical (unpaired) electrons. The van der Waals surface area contributed by atoms with Crippen LogP contribution in [0, 0.1) is 0 Å². The molecule has 7 nitrogen and oxygen atoms in total. The Hall–Kier alpha value is -0.830. The van der Waals surface area contributed by atoms with Crippen molar-refractivity contribution in [2.75, 3.05) is 52.8 Å². The SMILES string of the molecule is C=CC1CC(=O)CC(C)(C)O1.NCCOCCOCCOCCO. The third kappa shape index (κ3) is 13.6. The number of aliphatic hydroxyl groups is 1. The van der Waals surface area contributed by atoms with E-state index in [2.05, 4.69) is 6.58 Å². The molecule has 1 fully saturated rings. The van der Waals surface area contributed by atoms with Crippen molar-refractivity contribution in [2.24, 2.45) is 5.73 Å². The van der Waals surface area contributed by atoms with Crippen molar-refractivity contribution in [2.45, 2.75) is 38.4 Å². The van der Waals surface area contributed by atoms with E-state index in [0.29, 0.717) is 59.0 Å². The van der Waals surface area contributed by atoms with Gasteiger partial charge in [0, 0.05) is 19.4 Å². The van der Waals surface area contributed by atoms with Crippen LogP contribution in [0.2, 0.25) is 0 Å². The fourth-order valence-corrected chi connectivity index (χ4v) is 2.09. The summed E-state index contributed by atoms with van der Waals surface area (Å²) in [5.74, 6) is 0.270. The summed E-state index contributed by atoms with van der Waals surface area (Å²) in [4.78, 5) is 11.1. The van der Waals surface area contributed by atoms with Gasteiger partial charge >= 0.3 is 0 Å². The molecule has 0 aromatic rings. The van der Waals surface area contributed by atoms with Crippen LogP contribution in [0.4, 0.5) is 0 Å². The molecule has 1 heterocycles. The van der Waals surface area contributed by atoms with Crippen molar-refractivity contribution in [1.29, 1.82) is 0 Å². The van der Waals surface area contributed by atoms with Crippen LogP contribution in [0.3, 0.4) is 0 Å². The molecule has 0 aromatic heterocycles. The molecule has 1 saturated heterocycles. The van der Waals surface area contributed by atoms with Crippen molar-refractivity contribution in [3.05, 3.63) is 12.7 Å². The topological polar surface area (TPSA) is 100 Å². The number of hydrogen-bond donors (Lipinski definition) is 2. The lowest BCUT2D eigenvalue weighted by Crippen LogP contribution is -2.38. The van der Waals surface area contributed by atoms with E-state index < -0.39 is 0 Å². The summed E-state index contributed by atoms with van der Waals surface area (Å²) in [6.07, 6.45) is 2.63. The number of nitrogens with two attached hydrogens (primary N) is 1. The Balaban J connectivity index is 0.000000446. The van der Waals surface area contributed by atoms with Gasteiger partial charge in [0.15, 0.2) is 0 Å². The molecule has 0 bridgehead atoms. The fourth-order valence-electron chi connectivity index (χ4n) is 2.09. The molecule has 0 aromatic carbocycles. The Bertz CT molecular complexity index is 325. The lowest BCUT2D eigenvalue weighted by Gasteiger charge is -2.33. The summed E-state index contributed by atoms with van der Waals surface area (Å²) in [6, 6.07) is 0. The second-order valence-electron chi connectivity index (χ2n) is 5.92. The number of aliphatic hydroxyl groups excluding tert-OH is 1. The minimum Gasteiger partial charge on any atom is -0.394 e. The molecule has 142 valence electrons. The van der Waals surface area contributed by atoms with Crippen LogP contribution in [0.25, 0.3) is 0 Å². The van der Waals surface area contributed by atoms with Gasteiger partial charge in [0.2, 0.25) is 0 Å². The van der Waals surface area contributed by atoms with Crippen LogP contribution < -0.4 is 5.73 Å². The van der Waals surface area contributed by atoms with Crippen LogP contribution in [0.15, 0.2) is 12.7 Å². The molecule has 1 unspecified atom stereocenters. The maximum atomic E-state index is 11.1. The Labute approximate surface area is 145 Å². The van der Waals surface area contributed by atoms with Gasteiger partial charge < -0.3 is 29.8 Å². The molecule has 0 aliphatic carbocycles. The van der Waals surface area contributed by atoms with Crippen LogP contribution >= 0.6 is 0 Å². The zero-order chi connectivity index (χ0) is 18.3. The van der Waals surface area contributed by atoms with Crippen LogP contribution in [-0.2, 0) is 23.7 Å². The van der Waals surface area contributed by atoms with Crippen LogP contribution in [-0.4, -0.2) is 75.4 Å². The second-order valence-corrected chi connectivity index (χ2v) is 5.92. The minimum absolute atomic E-state index is 0.0552. The first-order chi connectivity index (χ1) is 11.4. The quantitative estimate of drug-likeness (QED) is 0.419. The largest absolute Gasteiger partial charge is 0.394 e. The van der Waals surface area contributed by atoms with Crippen LogP contribution in [0.5, 0.6) is 0 Å². The van der Waals surface area contributed by atoms with Crippen molar-refractivity contribution in [1.82, 2.24) is 0 Å². The highest BCUT2D eigenvalue weighted by Crippen LogP contribution is 2.25. The van der Waals surface area contributed by atoms with Gasteiger partial charge in [-0.15, -0.1) is 6.58 Å². The number of carbonyl (C=O) groups excluding carboxylic acids is 1. The highest BCUT2D eigenvalue weighted by atomic mass is 16.5. The maximum absolute atomic E-state index is 11.1. The average molecular weight is 347 g/mol. The van der Waals surface area contributed by atoms with E-state index in [-0.39, 0.29) is 24.1 Å². The molecule has 3 N–H and O–H groups in total. The summed E-state index contributed by atoms with van der Waals surface area (Å²) in [7, 11) is 0. The first kappa shape index (κ1) is 23.2. The number of hydrogen-bond acceptors (Lipinski definition) is 7. The highest BCUT2D eigenvalue weighted by Gasteiger charge is 2.31. The Morgan fingerprint density at radius 2 is 1.75 bits per heavy atom. The fraction of sp³-hybridized carbons (Fsp3) is 0.824. The van der Waals surface area contributed by atoms with Gasteiger partial charge in [-0.3, -0.25) is 4.79 Å². The van der Waals surface area contributed by atoms with E-state index in [4.69, 9.17) is 29.8 Å². The summed E-state index contributed by atoms with van der Waals surface area (Å²) < 4.78 is 20.8. The predicted molar refractivity (Wildman–Crippen MR) is 92.0 cm³/mol. The van der Waals surface area contributed by atoms with E-state index >= 15 is 0 Å². The van der Waals surface area contributed by atoms with E-state index in [1.54, 1.807) is 6.08 Å². The van der Waals surface area contributed by atoms with Gasteiger partial charge in [-0.2, -0.15) is 0 Å². The zero-order valence-electron chi connectivity index (χ0n) is 15.0. The molecular formula is C17H33NO6. The lowest BCUT2D eigenvalue weighted by molar-refractivity contribution is -0.142. The standard InChI is InChI=1S/C9H14O2.C8H19NO4/c1-4-8-5-7(10)6-9(2,3)11-8;9-1-3-11-5-7-13-8-6-12-4-2-10/h4,8H,1,5-6H2,2-3H3;10H,1-9H2. The Morgan fingerprint density at radius 3 is 2.21 bits per heavy atom. The second kappa shape index (κ2) is 14.5. The summed E-state index contributed by atoms with van der Waals surface area (Å²) >= 11 is 0. The third-order valence-electron chi connectivity index (χ3n) is 3.03. The molecule has 0 saturated carbocycles. The summed E-state index contributed by atoms with van der Waals surface area (Å²) in [6.45, 7) is 11.2. The van der Waals surface area contributed by atoms with Gasteiger partial charge in [0.1, 0.15) is 5.78 Å². The number of ketones is 1. The predicted octanol–water partition coefficient (Wildman–Crippen LogP) is 0.686. The van der Waals surface area contributed by atoms with Gasteiger partial charge in [0.05, 0.1) is 58.0 Å². The molecule has 24 heavy (non-hydrogen) atoms. The zero-order valence-corrected chi connectivity index (χ0v) is 15.0. The van der Waals surface area contributed by atoms with Gasteiger partial charge in [-0.05, 0) is 13.8 Å². The summed E-state index contributed by atoms with van der Waals surface area (Å²) in [5.41, 5.74) is 4.92. The number of ether oxygens (including phenoxy) is 4. The van der Waals surface area contributed by atoms with E-state index in [1.165, 1.54) is 0 Å². The molecule has 7 heteroatoms. The monoisotopic (exact) mass is 347 g/mol. The molecule has 1 rings (SSSR count). The minimum atomic E-state index is -0.297. The van der Waals surface area contributed by atoms with Crippen molar-refractivity contribution in [3.63, 3.8) is 0 Å². The Morgan fingerprint density at radius 1 is 1.21 bits per heavy atom. The summed E-state index contributed by atoms with van der Waals surface area (Å²) in [5, 5.41) is 8.37. The first-order valence-corrected chi connectivity index (χ1v) is 8.31. The normalized spacial score (nSPS) is 19.5. The van der Waals surface area contributed by atoms with Crippen molar-refractivity contribution < 1.29 is 28.8 Å². The maximum Gasteiger partial charge on any atom is 0.138 e.